The largest absolute Gasteiger partial charge is 0.387 e. The van der Waals surface area contributed by atoms with Crippen molar-refractivity contribution in [2.45, 2.75) is 11.3 Å². The highest BCUT2D eigenvalue weighted by Crippen LogP contribution is 2.38. The Balaban J connectivity index is 4.40. The van der Waals surface area contributed by atoms with Gasteiger partial charge in [0.05, 0.1) is 0 Å². The molecule has 10 heavy (non-hydrogen) atoms. The van der Waals surface area contributed by atoms with E-state index >= 15 is 0 Å². The van der Waals surface area contributed by atoms with Gasteiger partial charge in [0.15, 0.2) is 0 Å². The molecule has 0 rings (SSSR count). The molecule has 0 saturated heterocycles. The lowest BCUT2D eigenvalue weighted by atomic mass is 10.3. The molecule has 0 spiro atoms. The molecule has 0 radical (unpaired) electrons. The third-order valence-corrected chi connectivity index (χ3v) is 1.26. The second-order valence-corrected chi connectivity index (χ2v) is 2.61. The fraction of sp³-hybridized carbons (Fsp3) is 0.500. The van der Waals surface area contributed by atoms with E-state index < -0.39 is 11.3 Å². The van der Waals surface area contributed by atoms with Crippen molar-refractivity contribution >= 4 is 34.2 Å². The summed E-state index contributed by atoms with van der Waals surface area (Å²) in [7, 11) is 0. The zero-order valence-electron chi connectivity index (χ0n) is 4.42. The van der Waals surface area contributed by atoms with E-state index in [0.717, 1.165) is 4.08 Å². The summed E-state index contributed by atoms with van der Waals surface area (Å²) in [6, 6.07) is 0. The fourth-order valence-corrected chi connectivity index (χ4v) is 0.688. The highest BCUT2D eigenvalue weighted by molar-refractivity contribution is 14.1. The summed E-state index contributed by atoms with van der Waals surface area (Å²) >= 11 is 5.47. The zero-order chi connectivity index (χ0) is 8.41. The summed E-state index contributed by atoms with van der Waals surface area (Å²) in [5, 5.41) is -4.51. The van der Waals surface area contributed by atoms with Gasteiger partial charge in [-0.2, -0.15) is 17.6 Å². The van der Waals surface area contributed by atoms with Crippen LogP contribution in [0.5, 0.6) is 0 Å². The Bertz CT molecular complexity index is 139. The first-order valence-corrected chi connectivity index (χ1v) is 3.66. The molecule has 0 aliphatic carbocycles. The molecule has 0 aromatic heterocycles. The minimum Gasteiger partial charge on any atom is -0.193 e. The molecule has 0 fully saturated rings. The van der Waals surface area contributed by atoms with E-state index in [4.69, 9.17) is 0 Å². The topological polar surface area (TPSA) is 0 Å². The average Bonchev–Trinajstić information content (AvgIpc) is 1.61. The van der Waals surface area contributed by atoms with Crippen molar-refractivity contribution in [3.63, 3.8) is 0 Å². The smallest absolute Gasteiger partial charge is 0.193 e. The Morgan fingerprint density at radius 1 is 1.20 bits per heavy atom. The van der Waals surface area contributed by atoms with Crippen LogP contribution < -0.4 is 0 Å². The van der Waals surface area contributed by atoms with Crippen LogP contribution >= 0.6 is 34.2 Å². The minimum atomic E-state index is -4.51. The second kappa shape index (κ2) is 3.25. The van der Waals surface area contributed by atoms with Gasteiger partial charge in [-0.25, -0.2) is 0 Å². The van der Waals surface area contributed by atoms with Crippen LogP contribution in [-0.4, -0.2) is 11.3 Å². The molecule has 0 bridgehead atoms. The summed E-state index contributed by atoms with van der Waals surface area (Å²) in [5.74, 6) is -4.27. The van der Waals surface area contributed by atoms with Crippen LogP contribution in [0.4, 0.5) is 17.6 Å². The van der Waals surface area contributed by atoms with Crippen LogP contribution in [0, 0.1) is 0 Å². The summed E-state index contributed by atoms with van der Waals surface area (Å²) in [6.45, 7) is 0. The molecule has 0 amide bonds. The van der Waals surface area contributed by atoms with E-state index in [0.29, 0.717) is 0 Å². The molecule has 0 heterocycles. The Labute approximate surface area is 73.4 Å². The Hall–Kier alpha value is 0.480. The van der Waals surface area contributed by atoms with Gasteiger partial charge < -0.3 is 0 Å². The zero-order valence-corrected chi connectivity index (χ0v) is 7.34. The maximum absolute atomic E-state index is 12.0. The van der Waals surface area contributed by atoms with Gasteiger partial charge >= 0.3 is 11.3 Å². The van der Waals surface area contributed by atoms with Crippen molar-refractivity contribution in [3.05, 3.63) is 10.2 Å². The van der Waals surface area contributed by atoms with Crippen molar-refractivity contribution < 1.29 is 17.6 Å². The molecule has 0 saturated carbocycles. The van der Waals surface area contributed by atoms with Crippen LogP contribution in [0.15, 0.2) is 10.2 Å². The molecule has 60 valence electrons. The fourth-order valence-electron chi connectivity index (χ4n) is 0.174. The van der Waals surface area contributed by atoms with E-state index in [-0.39, 0.29) is 6.08 Å². The van der Waals surface area contributed by atoms with E-state index in [1.54, 1.807) is 0 Å². The number of hydrogen-bond donors (Lipinski definition) is 0. The van der Waals surface area contributed by atoms with Gasteiger partial charge in [0.2, 0.25) is 0 Å². The molecule has 0 atom stereocenters. The lowest BCUT2D eigenvalue weighted by Crippen LogP contribution is -2.32. The van der Waals surface area contributed by atoms with Crippen LogP contribution in [0.25, 0.3) is 0 Å². The van der Waals surface area contributed by atoms with Crippen LogP contribution in [0.1, 0.15) is 0 Å². The standard InChI is InChI=1S/C4H2ClF4I/c5-4(8,9)3(6,7)1-2-10/h1-2H/b2-1+. The van der Waals surface area contributed by atoms with Crippen molar-refractivity contribution in [2.75, 3.05) is 0 Å². The molecular weight excluding hydrogens is 286 g/mol. The predicted molar refractivity (Wildman–Crippen MR) is 38.9 cm³/mol. The number of halogens is 6. The average molecular weight is 288 g/mol. The lowest BCUT2D eigenvalue weighted by Gasteiger charge is -2.16. The molecule has 0 unspecified atom stereocenters. The minimum absolute atomic E-state index is 0.0422. The van der Waals surface area contributed by atoms with Crippen molar-refractivity contribution in [3.8, 4) is 0 Å². The van der Waals surface area contributed by atoms with E-state index in [1.165, 1.54) is 22.6 Å². The lowest BCUT2D eigenvalue weighted by molar-refractivity contribution is -0.122. The number of allylic oxidation sites excluding steroid dienone is 1. The van der Waals surface area contributed by atoms with Crippen LogP contribution in [-0.2, 0) is 0 Å². The van der Waals surface area contributed by atoms with E-state index in [1.807, 2.05) is 0 Å². The monoisotopic (exact) mass is 288 g/mol. The third kappa shape index (κ3) is 2.61. The van der Waals surface area contributed by atoms with Crippen molar-refractivity contribution in [1.82, 2.24) is 0 Å². The highest BCUT2D eigenvalue weighted by atomic mass is 127. The number of alkyl halides is 5. The van der Waals surface area contributed by atoms with Crippen molar-refractivity contribution in [2.24, 2.45) is 0 Å². The van der Waals surface area contributed by atoms with Gasteiger partial charge in [0.1, 0.15) is 0 Å². The molecule has 0 aromatic carbocycles. The maximum atomic E-state index is 12.0. The molecule has 0 aliphatic rings. The van der Waals surface area contributed by atoms with Gasteiger partial charge in [-0.15, -0.1) is 0 Å². The molecule has 0 nitrogen and oxygen atoms in total. The van der Waals surface area contributed by atoms with Gasteiger partial charge in [-0.1, -0.05) is 22.6 Å². The van der Waals surface area contributed by atoms with Crippen LogP contribution in [0.2, 0.25) is 0 Å². The van der Waals surface area contributed by atoms with Gasteiger partial charge in [-0.05, 0) is 21.8 Å². The van der Waals surface area contributed by atoms with E-state index in [2.05, 4.69) is 11.6 Å². The quantitative estimate of drug-likeness (QED) is 0.415. The SMILES string of the molecule is FC(F)(Cl)C(F)(F)/C=C/I. The second-order valence-electron chi connectivity index (χ2n) is 1.41. The van der Waals surface area contributed by atoms with Crippen LogP contribution in [0.3, 0.4) is 0 Å². The first-order chi connectivity index (χ1) is 4.31. The number of hydrogen-bond acceptors (Lipinski definition) is 0. The summed E-state index contributed by atoms with van der Waals surface area (Å²) < 4.78 is 48.0. The highest BCUT2D eigenvalue weighted by Gasteiger charge is 2.52. The predicted octanol–water partition coefficient (Wildman–Crippen LogP) is 3.40. The first-order valence-electron chi connectivity index (χ1n) is 2.04. The Morgan fingerprint density at radius 3 is 1.70 bits per heavy atom. The molecule has 0 aromatic rings. The Kier molecular flexibility index (Phi) is 3.41. The van der Waals surface area contributed by atoms with E-state index in [9.17, 15) is 17.6 Å². The molecule has 0 N–H and O–H groups in total. The third-order valence-electron chi connectivity index (χ3n) is 0.650. The van der Waals surface area contributed by atoms with Gasteiger partial charge in [0.25, 0.3) is 0 Å². The molecule has 6 heteroatoms. The molecular formula is C4H2ClF4I. The van der Waals surface area contributed by atoms with Gasteiger partial charge in [-0.3, -0.25) is 0 Å². The Morgan fingerprint density at radius 2 is 1.60 bits per heavy atom. The summed E-state index contributed by atoms with van der Waals surface area (Å²) in [4.78, 5) is 0. The summed E-state index contributed by atoms with van der Waals surface area (Å²) in [5.41, 5.74) is 0. The summed E-state index contributed by atoms with van der Waals surface area (Å²) in [6.07, 6.45) is 0.0422. The normalized spacial score (nSPS) is 14.6. The maximum Gasteiger partial charge on any atom is 0.387 e. The number of rotatable bonds is 2. The molecule has 0 aliphatic heterocycles. The first kappa shape index (κ1) is 10.5. The van der Waals surface area contributed by atoms with Gasteiger partial charge in [0, 0.05) is 0 Å². The van der Waals surface area contributed by atoms with Crippen molar-refractivity contribution in [1.29, 1.82) is 0 Å².